The van der Waals surface area contributed by atoms with E-state index < -0.39 is 0 Å². The van der Waals surface area contributed by atoms with Crippen LogP contribution in [0.15, 0.2) is 0 Å². The number of nitrogens with one attached hydrogen (secondary N) is 2. The van der Waals surface area contributed by atoms with Gasteiger partial charge in [0.2, 0.25) is 11.8 Å². The summed E-state index contributed by atoms with van der Waals surface area (Å²) in [6, 6.07) is 0.519. The summed E-state index contributed by atoms with van der Waals surface area (Å²) >= 11 is 0. The second-order valence-corrected chi connectivity index (χ2v) is 5.97. The standard InChI is InChI=1S/C15H27N3O2.ClH/c1-3-13(4-2)18-10-11(8-14(18)19)15(20)17-12-6-5-7-16-9-12;/h11-13,16H,3-10H2,1-2H3,(H,17,20);1H. The molecule has 0 aliphatic carbocycles. The summed E-state index contributed by atoms with van der Waals surface area (Å²) in [4.78, 5) is 26.3. The zero-order chi connectivity index (χ0) is 14.5. The van der Waals surface area contributed by atoms with Crippen LogP contribution in [0.2, 0.25) is 0 Å². The van der Waals surface area contributed by atoms with Crippen molar-refractivity contribution in [1.82, 2.24) is 15.5 Å². The van der Waals surface area contributed by atoms with Crippen molar-refractivity contribution in [3.8, 4) is 0 Å². The topological polar surface area (TPSA) is 61.4 Å². The third-order valence-corrected chi connectivity index (χ3v) is 4.56. The highest BCUT2D eigenvalue weighted by Gasteiger charge is 2.37. The number of nitrogens with zero attached hydrogens (tertiary/aromatic N) is 1. The second-order valence-electron chi connectivity index (χ2n) is 5.97. The molecule has 0 saturated carbocycles. The number of carbonyl (C=O) groups is 2. The Morgan fingerprint density at radius 3 is 2.71 bits per heavy atom. The molecule has 2 saturated heterocycles. The number of hydrogen-bond donors (Lipinski definition) is 2. The number of piperidine rings is 1. The summed E-state index contributed by atoms with van der Waals surface area (Å²) in [7, 11) is 0. The molecule has 2 heterocycles. The molecule has 2 aliphatic rings. The third-order valence-electron chi connectivity index (χ3n) is 4.56. The van der Waals surface area contributed by atoms with Gasteiger partial charge in [-0.1, -0.05) is 13.8 Å². The van der Waals surface area contributed by atoms with Gasteiger partial charge in [0.1, 0.15) is 0 Å². The summed E-state index contributed by atoms with van der Waals surface area (Å²) in [6.07, 6.45) is 4.44. The van der Waals surface area contributed by atoms with E-state index in [0.717, 1.165) is 38.8 Å². The van der Waals surface area contributed by atoms with Crippen LogP contribution >= 0.6 is 12.4 Å². The Labute approximate surface area is 133 Å². The summed E-state index contributed by atoms with van der Waals surface area (Å²) in [5.41, 5.74) is 0. The first kappa shape index (κ1) is 18.2. The number of amides is 2. The van der Waals surface area contributed by atoms with E-state index in [1.165, 1.54) is 0 Å². The van der Waals surface area contributed by atoms with Crippen molar-refractivity contribution in [1.29, 1.82) is 0 Å². The first-order chi connectivity index (χ1) is 9.65. The van der Waals surface area contributed by atoms with E-state index in [0.29, 0.717) is 13.0 Å². The summed E-state index contributed by atoms with van der Waals surface area (Å²) < 4.78 is 0. The SMILES string of the molecule is CCC(CC)N1CC(C(=O)NC2CCCNC2)CC1=O.Cl. The van der Waals surface area contributed by atoms with Crippen molar-refractivity contribution in [3.05, 3.63) is 0 Å². The van der Waals surface area contributed by atoms with Crippen molar-refractivity contribution in [2.45, 2.75) is 58.0 Å². The van der Waals surface area contributed by atoms with E-state index in [1.807, 2.05) is 4.90 Å². The minimum absolute atomic E-state index is 0. The molecule has 2 aliphatic heterocycles. The molecule has 2 fully saturated rings. The van der Waals surface area contributed by atoms with Crippen LogP contribution in [0.1, 0.15) is 46.0 Å². The van der Waals surface area contributed by atoms with E-state index in [2.05, 4.69) is 24.5 Å². The van der Waals surface area contributed by atoms with Crippen molar-refractivity contribution < 1.29 is 9.59 Å². The maximum Gasteiger partial charge on any atom is 0.225 e. The van der Waals surface area contributed by atoms with Gasteiger partial charge in [-0.05, 0) is 32.2 Å². The fraction of sp³-hybridized carbons (Fsp3) is 0.867. The highest BCUT2D eigenvalue weighted by molar-refractivity contribution is 5.89. The zero-order valence-corrected chi connectivity index (χ0v) is 13.9. The van der Waals surface area contributed by atoms with Crippen LogP contribution in [-0.4, -0.2) is 48.4 Å². The average molecular weight is 318 g/mol. The molecule has 0 aromatic rings. The van der Waals surface area contributed by atoms with E-state index in [1.54, 1.807) is 0 Å². The Morgan fingerprint density at radius 2 is 2.14 bits per heavy atom. The Kier molecular flexibility index (Phi) is 7.46. The van der Waals surface area contributed by atoms with Gasteiger partial charge in [-0.15, -0.1) is 12.4 Å². The molecule has 2 rings (SSSR count). The molecular weight excluding hydrogens is 290 g/mol. The van der Waals surface area contributed by atoms with Gasteiger partial charge < -0.3 is 15.5 Å². The van der Waals surface area contributed by atoms with Gasteiger partial charge in [0.15, 0.2) is 0 Å². The van der Waals surface area contributed by atoms with Crippen LogP contribution in [0, 0.1) is 5.92 Å². The molecule has 0 aromatic carbocycles. The number of hydrogen-bond acceptors (Lipinski definition) is 3. The Balaban J connectivity index is 0.00000220. The summed E-state index contributed by atoms with van der Waals surface area (Å²) in [5.74, 6) is 0.0335. The molecule has 122 valence electrons. The van der Waals surface area contributed by atoms with Gasteiger partial charge in [0.25, 0.3) is 0 Å². The Bertz CT molecular complexity index is 355. The van der Waals surface area contributed by atoms with Gasteiger partial charge in [-0.3, -0.25) is 9.59 Å². The molecule has 6 heteroatoms. The largest absolute Gasteiger partial charge is 0.352 e. The molecule has 0 radical (unpaired) electrons. The smallest absolute Gasteiger partial charge is 0.225 e. The highest BCUT2D eigenvalue weighted by atomic mass is 35.5. The lowest BCUT2D eigenvalue weighted by molar-refractivity contribution is -0.130. The van der Waals surface area contributed by atoms with Crippen LogP contribution in [0.5, 0.6) is 0 Å². The molecule has 0 bridgehead atoms. The fourth-order valence-electron chi connectivity index (χ4n) is 3.28. The van der Waals surface area contributed by atoms with E-state index in [4.69, 9.17) is 0 Å². The number of likely N-dealkylation sites (tertiary alicyclic amines) is 1. The molecule has 2 N–H and O–H groups in total. The van der Waals surface area contributed by atoms with E-state index >= 15 is 0 Å². The summed E-state index contributed by atoms with van der Waals surface area (Å²) in [6.45, 7) is 6.68. The molecule has 2 atom stereocenters. The maximum atomic E-state index is 12.3. The zero-order valence-electron chi connectivity index (χ0n) is 13.1. The number of rotatable bonds is 5. The van der Waals surface area contributed by atoms with Crippen LogP contribution in [0.4, 0.5) is 0 Å². The Hall–Kier alpha value is -0.810. The van der Waals surface area contributed by atoms with Gasteiger partial charge in [-0.2, -0.15) is 0 Å². The summed E-state index contributed by atoms with van der Waals surface area (Å²) in [5, 5.41) is 6.39. The van der Waals surface area contributed by atoms with Crippen LogP contribution in [0.3, 0.4) is 0 Å². The van der Waals surface area contributed by atoms with Crippen molar-refractivity contribution in [2.24, 2.45) is 5.92 Å². The van der Waals surface area contributed by atoms with Gasteiger partial charge >= 0.3 is 0 Å². The fourth-order valence-corrected chi connectivity index (χ4v) is 3.28. The maximum absolute atomic E-state index is 12.3. The van der Waals surface area contributed by atoms with Gasteiger partial charge in [-0.25, -0.2) is 0 Å². The van der Waals surface area contributed by atoms with Gasteiger partial charge in [0, 0.05) is 31.6 Å². The molecule has 0 aromatic heterocycles. The normalized spacial score (nSPS) is 25.9. The first-order valence-corrected chi connectivity index (χ1v) is 7.96. The minimum atomic E-state index is -0.162. The van der Waals surface area contributed by atoms with Crippen molar-refractivity contribution >= 4 is 24.2 Å². The quantitative estimate of drug-likeness (QED) is 0.804. The molecule has 2 unspecified atom stereocenters. The predicted molar refractivity (Wildman–Crippen MR) is 85.5 cm³/mol. The van der Waals surface area contributed by atoms with Gasteiger partial charge in [0.05, 0.1) is 5.92 Å². The lowest BCUT2D eigenvalue weighted by atomic mass is 10.0. The highest BCUT2D eigenvalue weighted by Crippen LogP contribution is 2.23. The molecule has 0 spiro atoms. The molecular formula is C15H28ClN3O2. The van der Waals surface area contributed by atoms with Crippen LogP contribution in [0.25, 0.3) is 0 Å². The van der Waals surface area contributed by atoms with Crippen LogP contribution < -0.4 is 10.6 Å². The third kappa shape index (κ3) is 4.58. The molecule has 5 nitrogen and oxygen atoms in total. The van der Waals surface area contributed by atoms with Crippen molar-refractivity contribution in [2.75, 3.05) is 19.6 Å². The molecule has 21 heavy (non-hydrogen) atoms. The van der Waals surface area contributed by atoms with E-state index in [9.17, 15) is 9.59 Å². The lowest BCUT2D eigenvalue weighted by Gasteiger charge is -2.27. The van der Waals surface area contributed by atoms with Crippen LogP contribution in [-0.2, 0) is 9.59 Å². The number of halogens is 1. The predicted octanol–water partition coefficient (Wildman–Crippen LogP) is 1.31. The van der Waals surface area contributed by atoms with Crippen molar-refractivity contribution in [3.63, 3.8) is 0 Å². The average Bonchev–Trinajstić information content (AvgIpc) is 2.84. The van der Waals surface area contributed by atoms with E-state index in [-0.39, 0.29) is 42.2 Å². The second kappa shape index (κ2) is 8.59. The molecule has 2 amide bonds. The number of carbonyl (C=O) groups excluding carboxylic acids is 2. The lowest BCUT2D eigenvalue weighted by Crippen LogP contribution is -2.48. The first-order valence-electron chi connectivity index (χ1n) is 7.96. The monoisotopic (exact) mass is 317 g/mol. The minimum Gasteiger partial charge on any atom is -0.352 e. The Morgan fingerprint density at radius 1 is 1.43 bits per heavy atom.